The van der Waals surface area contributed by atoms with Crippen molar-refractivity contribution in [3.8, 4) is 11.8 Å². The molecule has 0 fully saturated rings. The van der Waals surface area contributed by atoms with Gasteiger partial charge in [-0.25, -0.2) is 9.74 Å². The second-order valence-corrected chi connectivity index (χ2v) is 9.39. The summed E-state index contributed by atoms with van der Waals surface area (Å²) in [5.74, 6) is -0.754. The fourth-order valence-electron chi connectivity index (χ4n) is 5.59. The molecular weight excluding hydrogens is 460 g/mol. The largest absolute Gasteiger partial charge is 0.310 e. The molecule has 0 saturated carbocycles. The third-order valence-electron chi connectivity index (χ3n) is 7.00. The van der Waals surface area contributed by atoms with E-state index in [2.05, 4.69) is 10.9 Å². The minimum absolute atomic E-state index is 0.307. The van der Waals surface area contributed by atoms with Crippen molar-refractivity contribution in [3.05, 3.63) is 112 Å². The van der Waals surface area contributed by atoms with E-state index in [1.165, 1.54) is 4.90 Å². The lowest BCUT2D eigenvalue weighted by Crippen LogP contribution is -2.31. The number of carbonyl (C=O) groups is 2. The Morgan fingerprint density at radius 1 is 0.838 bits per heavy atom. The predicted molar refractivity (Wildman–Crippen MR) is 144 cm³/mol. The molecule has 1 aliphatic heterocycles. The summed E-state index contributed by atoms with van der Waals surface area (Å²) in [6, 6.07) is 22.2. The highest BCUT2D eigenvalue weighted by molar-refractivity contribution is 6.36. The molecule has 1 aliphatic rings. The molecule has 176 valence electrons. The summed E-state index contributed by atoms with van der Waals surface area (Å²) in [5, 5.41) is 11.4. The minimum Gasteiger partial charge on any atom is -0.310 e. The van der Waals surface area contributed by atoms with E-state index in [0.717, 1.165) is 38.5 Å². The number of benzene rings is 4. The molecular formula is C31H20N4O2. The molecule has 0 saturated heterocycles. The number of hydrogen-bond acceptors (Lipinski definition) is 3. The number of carbonyl (C=O) groups excluding carboxylic acids is 2. The molecule has 0 spiro atoms. The SMILES string of the molecule is [C-]#[N+]c1ccc2c3ccc(C#N)cc3n(-c3cccc4c3C(=O)N(c3c(C)cc(C)cc3C)C4=O)c2c1. The maximum Gasteiger partial charge on any atom is 0.268 e. The fraction of sp³-hybridized carbons (Fsp3) is 0.0968. The van der Waals surface area contributed by atoms with E-state index >= 15 is 0 Å². The Kier molecular flexibility index (Phi) is 4.76. The molecule has 0 radical (unpaired) electrons. The number of nitriles is 1. The molecule has 2 heterocycles. The van der Waals surface area contributed by atoms with Crippen molar-refractivity contribution in [2.24, 2.45) is 0 Å². The summed E-state index contributed by atoms with van der Waals surface area (Å²) in [4.78, 5) is 32.5. The maximum atomic E-state index is 14.0. The van der Waals surface area contributed by atoms with Crippen LogP contribution in [0.2, 0.25) is 0 Å². The highest BCUT2D eigenvalue weighted by atomic mass is 16.2. The first-order valence-corrected chi connectivity index (χ1v) is 11.8. The second kappa shape index (κ2) is 7.91. The van der Waals surface area contributed by atoms with Gasteiger partial charge in [-0.15, -0.1) is 0 Å². The second-order valence-electron chi connectivity index (χ2n) is 9.39. The number of aryl methyl sites for hydroxylation is 3. The molecule has 6 rings (SSSR count). The van der Waals surface area contributed by atoms with Gasteiger partial charge in [-0.05, 0) is 62.2 Å². The molecule has 1 aromatic heterocycles. The quantitative estimate of drug-likeness (QED) is 0.203. The maximum absolute atomic E-state index is 14.0. The van der Waals surface area contributed by atoms with E-state index in [1.54, 1.807) is 36.4 Å². The lowest BCUT2D eigenvalue weighted by molar-refractivity contribution is 0.0925. The van der Waals surface area contributed by atoms with Crippen LogP contribution in [0.25, 0.3) is 32.3 Å². The molecule has 0 N–H and O–H groups in total. The van der Waals surface area contributed by atoms with E-state index in [-0.39, 0.29) is 5.91 Å². The van der Waals surface area contributed by atoms with Gasteiger partial charge in [0.05, 0.1) is 46.2 Å². The van der Waals surface area contributed by atoms with Crippen molar-refractivity contribution in [1.82, 2.24) is 4.57 Å². The van der Waals surface area contributed by atoms with E-state index < -0.39 is 5.91 Å². The molecule has 2 amide bonds. The van der Waals surface area contributed by atoms with Crippen LogP contribution < -0.4 is 4.90 Å². The zero-order valence-corrected chi connectivity index (χ0v) is 20.5. The molecule has 5 aromatic rings. The van der Waals surface area contributed by atoms with Gasteiger partial charge in [0.1, 0.15) is 0 Å². The van der Waals surface area contributed by atoms with E-state index in [0.29, 0.717) is 33.8 Å². The van der Waals surface area contributed by atoms with Crippen LogP contribution in [0.4, 0.5) is 11.4 Å². The van der Waals surface area contributed by atoms with Crippen molar-refractivity contribution in [3.63, 3.8) is 0 Å². The van der Waals surface area contributed by atoms with Crippen LogP contribution in [0.5, 0.6) is 0 Å². The molecule has 6 nitrogen and oxygen atoms in total. The molecule has 0 atom stereocenters. The molecule has 0 aliphatic carbocycles. The molecule has 37 heavy (non-hydrogen) atoms. The Hall–Kier alpha value is -5.20. The first-order valence-electron chi connectivity index (χ1n) is 11.8. The predicted octanol–water partition coefficient (Wildman–Crippen LogP) is 6.93. The highest BCUT2D eigenvalue weighted by Crippen LogP contribution is 2.40. The summed E-state index contributed by atoms with van der Waals surface area (Å²) in [5.41, 5.74) is 6.94. The normalized spacial score (nSPS) is 12.7. The van der Waals surface area contributed by atoms with E-state index in [4.69, 9.17) is 6.57 Å². The molecule has 4 aromatic carbocycles. The monoisotopic (exact) mass is 480 g/mol. The summed E-state index contributed by atoms with van der Waals surface area (Å²) >= 11 is 0. The van der Waals surface area contributed by atoms with Crippen LogP contribution in [0, 0.1) is 38.7 Å². The first-order chi connectivity index (χ1) is 17.8. The molecule has 0 bridgehead atoms. The van der Waals surface area contributed by atoms with Gasteiger partial charge in [0.2, 0.25) is 0 Å². The van der Waals surface area contributed by atoms with Crippen LogP contribution in [-0.4, -0.2) is 16.4 Å². The van der Waals surface area contributed by atoms with Gasteiger partial charge in [0, 0.05) is 16.3 Å². The smallest absolute Gasteiger partial charge is 0.268 e. The fourth-order valence-corrected chi connectivity index (χ4v) is 5.59. The van der Waals surface area contributed by atoms with Crippen molar-refractivity contribution in [2.75, 3.05) is 4.90 Å². The zero-order chi connectivity index (χ0) is 26.0. The van der Waals surface area contributed by atoms with Crippen LogP contribution >= 0.6 is 0 Å². The van der Waals surface area contributed by atoms with Crippen LogP contribution in [0.3, 0.4) is 0 Å². The van der Waals surface area contributed by atoms with Crippen molar-refractivity contribution < 1.29 is 9.59 Å². The number of fused-ring (bicyclic) bond motifs is 4. The third-order valence-corrected chi connectivity index (χ3v) is 7.00. The third kappa shape index (κ3) is 3.10. The Labute approximate surface area is 213 Å². The van der Waals surface area contributed by atoms with Gasteiger partial charge in [0.25, 0.3) is 11.8 Å². The number of anilines is 1. The summed E-state index contributed by atoms with van der Waals surface area (Å²) in [7, 11) is 0. The van der Waals surface area contributed by atoms with E-state index in [9.17, 15) is 14.9 Å². The minimum atomic E-state index is -0.390. The Balaban J connectivity index is 1.68. The average molecular weight is 481 g/mol. The van der Waals surface area contributed by atoms with Gasteiger partial charge in [-0.2, -0.15) is 5.26 Å². The summed E-state index contributed by atoms with van der Waals surface area (Å²) in [6.45, 7) is 13.3. The van der Waals surface area contributed by atoms with Gasteiger partial charge >= 0.3 is 0 Å². The number of amides is 2. The van der Waals surface area contributed by atoms with Crippen LogP contribution in [0.15, 0.2) is 66.7 Å². The lowest BCUT2D eigenvalue weighted by Gasteiger charge is -2.20. The summed E-state index contributed by atoms with van der Waals surface area (Å²) < 4.78 is 1.89. The Morgan fingerprint density at radius 3 is 2.19 bits per heavy atom. The van der Waals surface area contributed by atoms with Crippen molar-refractivity contribution in [1.29, 1.82) is 5.26 Å². The molecule has 0 unspecified atom stereocenters. The van der Waals surface area contributed by atoms with E-state index in [1.807, 2.05) is 55.7 Å². The standard InChI is InChI=1S/C31H20N4O2/c1-17-12-18(2)29(19(3)13-17)35-30(36)24-6-5-7-25(28(24)31(35)37)34-26-14-20(16-32)8-10-22(26)23-11-9-21(33-4)15-27(23)34/h5-15H,1-3H3. The first kappa shape index (κ1) is 22.3. The lowest BCUT2D eigenvalue weighted by atomic mass is 10.0. The van der Waals surface area contributed by atoms with Gasteiger partial charge in [-0.1, -0.05) is 42.0 Å². The average Bonchev–Trinajstić information content (AvgIpc) is 3.34. The topological polar surface area (TPSA) is 70.5 Å². The van der Waals surface area contributed by atoms with Crippen LogP contribution in [-0.2, 0) is 0 Å². The number of aromatic nitrogens is 1. The number of imide groups is 1. The van der Waals surface area contributed by atoms with Crippen LogP contribution in [0.1, 0.15) is 43.0 Å². The zero-order valence-electron chi connectivity index (χ0n) is 20.5. The van der Waals surface area contributed by atoms with Gasteiger partial charge in [-0.3, -0.25) is 9.59 Å². The number of nitrogens with zero attached hydrogens (tertiary/aromatic N) is 4. The number of rotatable bonds is 2. The Morgan fingerprint density at radius 2 is 1.51 bits per heavy atom. The highest BCUT2D eigenvalue weighted by Gasteiger charge is 2.40. The van der Waals surface area contributed by atoms with Crippen molar-refractivity contribution >= 4 is 45.0 Å². The van der Waals surface area contributed by atoms with Gasteiger partial charge < -0.3 is 4.57 Å². The number of hydrogen-bond donors (Lipinski definition) is 0. The summed E-state index contributed by atoms with van der Waals surface area (Å²) in [6.07, 6.45) is 0. The van der Waals surface area contributed by atoms with Gasteiger partial charge in [0.15, 0.2) is 5.69 Å². The Bertz CT molecular complexity index is 1840. The molecule has 6 heteroatoms. The van der Waals surface area contributed by atoms with Crippen molar-refractivity contribution in [2.45, 2.75) is 20.8 Å².